The summed E-state index contributed by atoms with van der Waals surface area (Å²) in [6.45, 7) is 0. The lowest BCUT2D eigenvalue weighted by molar-refractivity contribution is -0.137. The van der Waals surface area contributed by atoms with Crippen LogP contribution in [0, 0.1) is 0 Å². The first-order valence-corrected chi connectivity index (χ1v) is 6.04. The molecule has 0 amide bonds. The zero-order valence-corrected chi connectivity index (χ0v) is 9.91. The molecular formula is C13H16F3NO. The van der Waals surface area contributed by atoms with Crippen molar-refractivity contribution in [2.75, 3.05) is 0 Å². The average molecular weight is 259 g/mol. The van der Waals surface area contributed by atoms with Crippen LogP contribution in [0.2, 0.25) is 0 Å². The Morgan fingerprint density at radius 3 is 2.39 bits per heavy atom. The minimum absolute atomic E-state index is 0.0201. The molecule has 5 heteroatoms. The lowest BCUT2D eigenvalue weighted by Crippen LogP contribution is -2.31. The summed E-state index contributed by atoms with van der Waals surface area (Å²) in [7, 11) is 0. The summed E-state index contributed by atoms with van der Waals surface area (Å²) in [4.78, 5) is 0. The van der Waals surface area contributed by atoms with Crippen LogP contribution in [0.25, 0.3) is 0 Å². The second-order valence-corrected chi connectivity index (χ2v) is 4.68. The van der Waals surface area contributed by atoms with Crippen LogP contribution in [0.5, 0.6) is 5.75 Å². The molecule has 2 N–H and O–H groups in total. The molecule has 1 aromatic rings. The van der Waals surface area contributed by atoms with Crippen molar-refractivity contribution in [3.8, 4) is 5.75 Å². The van der Waals surface area contributed by atoms with E-state index in [1.54, 1.807) is 6.07 Å². The average Bonchev–Trinajstić information content (AvgIpc) is 2.31. The molecule has 2 rings (SSSR count). The molecular weight excluding hydrogens is 243 g/mol. The minimum Gasteiger partial charge on any atom is -0.490 e. The lowest BCUT2D eigenvalue weighted by Gasteiger charge is -2.27. The van der Waals surface area contributed by atoms with Crippen LogP contribution >= 0.6 is 0 Å². The Morgan fingerprint density at radius 1 is 1.11 bits per heavy atom. The Balaban J connectivity index is 2.01. The molecule has 100 valence electrons. The van der Waals surface area contributed by atoms with Gasteiger partial charge in [0.1, 0.15) is 5.75 Å². The highest BCUT2D eigenvalue weighted by molar-refractivity contribution is 5.30. The van der Waals surface area contributed by atoms with Gasteiger partial charge in [0.15, 0.2) is 0 Å². The SMILES string of the molecule is N[C@H]1CC[C@H](Oc2cccc(C(F)(F)F)c2)CC1. The number of alkyl halides is 3. The van der Waals surface area contributed by atoms with Gasteiger partial charge in [0.25, 0.3) is 0 Å². The summed E-state index contributed by atoms with van der Waals surface area (Å²) in [6.07, 6.45) is -1.01. The molecule has 1 saturated carbocycles. The maximum absolute atomic E-state index is 12.5. The highest BCUT2D eigenvalue weighted by Crippen LogP contribution is 2.32. The molecule has 18 heavy (non-hydrogen) atoms. The molecule has 1 fully saturated rings. The smallest absolute Gasteiger partial charge is 0.416 e. The molecule has 2 nitrogen and oxygen atoms in total. The molecule has 1 aliphatic carbocycles. The largest absolute Gasteiger partial charge is 0.490 e. The van der Waals surface area contributed by atoms with Gasteiger partial charge in [-0.25, -0.2) is 0 Å². The fraction of sp³-hybridized carbons (Fsp3) is 0.538. The monoisotopic (exact) mass is 259 g/mol. The molecule has 1 aromatic carbocycles. The normalized spacial score (nSPS) is 24.9. The van der Waals surface area contributed by atoms with E-state index in [9.17, 15) is 13.2 Å². The highest BCUT2D eigenvalue weighted by Gasteiger charge is 2.31. The summed E-state index contributed by atoms with van der Waals surface area (Å²) in [5, 5.41) is 0. The van der Waals surface area contributed by atoms with Crippen molar-refractivity contribution in [3.05, 3.63) is 29.8 Å². The van der Waals surface area contributed by atoms with Crippen molar-refractivity contribution in [2.45, 2.75) is 44.0 Å². The lowest BCUT2D eigenvalue weighted by atomic mass is 9.94. The third-order valence-electron chi connectivity index (χ3n) is 3.18. The number of hydrogen-bond donors (Lipinski definition) is 1. The quantitative estimate of drug-likeness (QED) is 0.884. The molecule has 0 saturated heterocycles. The topological polar surface area (TPSA) is 35.2 Å². The van der Waals surface area contributed by atoms with Crippen molar-refractivity contribution in [1.82, 2.24) is 0 Å². The predicted octanol–water partition coefficient (Wildman–Crippen LogP) is 3.35. The van der Waals surface area contributed by atoms with Crippen LogP contribution in [-0.4, -0.2) is 12.1 Å². The van der Waals surface area contributed by atoms with E-state index in [2.05, 4.69) is 0 Å². The first-order chi connectivity index (χ1) is 8.45. The molecule has 0 aromatic heterocycles. The first kappa shape index (κ1) is 13.2. The zero-order chi connectivity index (χ0) is 13.2. The standard InChI is InChI=1S/C13H16F3NO/c14-13(15,16)9-2-1-3-12(8-9)18-11-6-4-10(17)5-7-11/h1-3,8,10-11H,4-7,17H2/t10-,11-. The third-order valence-corrected chi connectivity index (χ3v) is 3.18. The van der Waals surface area contributed by atoms with Crippen molar-refractivity contribution in [2.24, 2.45) is 5.73 Å². The highest BCUT2D eigenvalue weighted by atomic mass is 19.4. The van der Waals surface area contributed by atoms with Crippen LogP contribution in [0.4, 0.5) is 13.2 Å². The van der Waals surface area contributed by atoms with Crippen LogP contribution in [0.1, 0.15) is 31.2 Å². The second kappa shape index (κ2) is 5.18. The van der Waals surface area contributed by atoms with Gasteiger partial charge in [-0.05, 0) is 43.9 Å². The maximum Gasteiger partial charge on any atom is 0.416 e. The molecule has 0 spiro atoms. The van der Waals surface area contributed by atoms with E-state index in [-0.39, 0.29) is 17.9 Å². The van der Waals surface area contributed by atoms with E-state index < -0.39 is 11.7 Å². The molecule has 1 aliphatic rings. The van der Waals surface area contributed by atoms with Gasteiger partial charge in [0.2, 0.25) is 0 Å². The maximum atomic E-state index is 12.5. The van der Waals surface area contributed by atoms with Gasteiger partial charge in [0, 0.05) is 6.04 Å². The summed E-state index contributed by atoms with van der Waals surface area (Å²) >= 11 is 0. The van der Waals surface area contributed by atoms with Crippen molar-refractivity contribution < 1.29 is 17.9 Å². The summed E-state index contributed by atoms with van der Waals surface area (Å²) in [5.41, 5.74) is 5.09. The van der Waals surface area contributed by atoms with Gasteiger partial charge in [-0.15, -0.1) is 0 Å². The Labute approximate surface area is 104 Å². The summed E-state index contributed by atoms with van der Waals surface area (Å²) < 4.78 is 43.2. The van der Waals surface area contributed by atoms with Crippen molar-refractivity contribution in [1.29, 1.82) is 0 Å². The Bertz CT molecular complexity index is 397. The van der Waals surface area contributed by atoms with Crippen LogP contribution < -0.4 is 10.5 Å². The molecule has 0 heterocycles. The number of benzene rings is 1. The molecule has 0 atom stereocenters. The van der Waals surface area contributed by atoms with Gasteiger partial charge < -0.3 is 10.5 Å². The van der Waals surface area contributed by atoms with E-state index in [0.717, 1.165) is 37.8 Å². The van der Waals surface area contributed by atoms with E-state index >= 15 is 0 Å². The number of rotatable bonds is 2. The van der Waals surface area contributed by atoms with Gasteiger partial charge in [-0.1, -0.05) is 6.07 Å². The molecule has 0 unspecified atom stereocenters. The van der Waals surface area contributed by atoms with Crippen LogP contribution in [0.15, 0.2) is 24.3 Å². The Morgan fingerprint density at radius 2 is 1.78 bits per heavy atom. The molecule has 0 bridgehead atoms. The van der Waals surface area contributed by atoms with Gasteiger partial charge in [-0.2, -0.15) is 13.2 Å². The van der Waals surface area contributed by atoms with Gasteiger partial charge >= 0.3 is 6.18 Å². The summed E-state index contributed by atoms with van der Waals surface area (Å²) in [6, 6.07) is 5.22. The van der Waals surface area contributed by atoms with Crippen molar-refractivity contribution >= 4 is 0 Å². The third kappa shape index (κ3) is 3.38. The van der Waals surface area contributed by atoms with Crippen LogP contribution in [-0.2, 0) is 6.18 Å². The second-order valence-electron chi connectivity index (χ2n) is 4.68. The van der Waals surface area contributed by atoms with E-state index in [0.29, 0.717) is 0 Å². The fourth-order valence-electron chi connectivity index (χ4n) is 2.14. The minimum atomic E-state index is -4.33. The number of halogens is 3. The van der Waals surface area contributed by atoms with Gasteiger partial charge in [0.05, 0.1) is 11.7 Å². The summed E-state index contributed by atoms with van der Waals surface area (Å²) in [5.74, 6) is 0.283. The van der Waals surface area contributed by atoms with Crippen LogP contribution in [0.3, 0.4) is 0 Å². The van der Waals surface area contributed by atoms with E-state index in [1.165, 1.54) is 6.07 Å². The fourth-order valence-corrected chi connectivity index (χ4v) is 2.14. The number of hydrogen-bond acceptors (Lipinski definition) is 2. The van der Waals surface area contributed by atoms with E-state index in [4.69, 9.17) is 10.5 Å². The van der Waals surface area contributed by atoms with E-state index in [1.807, 2.05) is 0 Å². The molecule has 0 radical (unpaired) electrons. The Kier molecular flexibility index (Phi) is 3.80. The van der Waals surface area contributed by atoms with Crippen molar-refractivity contribution in [3.63, 3.8) is 0 Å². The first-order valence-electron chi connectivity index (χ1n) is 6.04. The number of nitrogens with two attached hydrogens (primary N) is 1. The zero-order valence-electron chi connectivity index (χ0n) is 9.91. The Hall–Kier alpha value is -1.23. The van der Waals surface area contributed by atoms with Gasteiger partial charge in [-0.3, -0.25) is 0 Å². The number of ether oxygens (including phenoxy) is 1. The predicted molar refractivity (Wildman–Crippen MR) is 62.3 cm³/mol. The molecule has 0 aliphatic heterocycles.